The second-order valence-corrected chi connectivity index (χ2v) is 14.1. The van der Waals surface area contributed by atoms with E-state index >= 15 is 0 Å². The first-order chi connectivity index (χ1) is 14.3. The predicted molar refractivity (Wildman–Crippen MR) is 114 cm³/mol. The fourth-order valence-electron chi connectivity index (χ4n) is 3.22. The summed E-state index contributed by atoms with van der Waals surface area (Å²) in [6, 6.07) is 0. The summed E-state index contributed by atoms with van der Waals surface area (Å²) in [5.74, 6) is 0. The summed E-state index contributed by atoms with van der Waals surface area (Å²) in [4.78, 5) is 78.7. The van der Waals surface area contributed by atoms with Gasteiger partial charge < -0.3 is 39.1 Å². The van der Waals surface area contributed by atoms with Crippen LogP contribution in [0.2, 0.25) is 0 Å². The van der Waals surface area contributed by atoms with Gasteiger partial charge in [0.2, 0.25) is 0 Å². The van der Waals surface area contributed by atoms with E-state index in [2.05, 4.69) is 0 Å². The van der Waals surface area contributed by atoms with Crippen molar-refractivity contribution >= 4 is 30.4 Å². The van der Waals surface area contributed by atoms with Gasteiger partial charge in [-0.05, 0) is 0 Å². The van der Waals surface area contributed by atoms with Crippen molar-refractivity contribution in [2.45, 2.75) is 0 Å². The topological polar surface area (TPSA) is 243 Å². The Morgan fingerprint density at radius 2 is 0.727 bits per heavy atom. The Hall–Kier alpha value is 1.09. The van der Waals surface area contributed by atoms with E-state index in [0.717, 1.165) is 9.80 Å². The number of piperazine rings is 1. The first kappa shape index (κ1) is 34.1. The second-order valence-electron chi connectivity index (χ2n) is 7.70. The van der Waals surface area contributed by atoms with Gasteiger partial charge in [-0.25, -0.2) is 0 Å². The summed E-state index contributed by atoms with van der Waals surface area (Å²) < 4.78 is 44.8. The molecular formula is C12H32N4O12P4Tc. The van der Waals surface area contributed by atoms with Gasteiger partial charge in [0.25, 0.3) is 0 Å². The van der Waals surface area contributed by atoms with E-state index in [1.807, 2.05) is 9.80 Å². The molecule has 0 bridgehead atoms. The van der Waals surface area contributed by atoms with Crippen molar-refractivity contribution in [1.82, 2.24) is 19.6 Å². The zero-order chi connectivity index (χ0) is 24.8. The van der Waals surface area contributed by atoms with Crippen LogP contribution in [0.15, 0.2) is 0 Å². The molecule has 33 heavy (non-hydrogen) atoms. The van der Waals surface area contributed by atoms with Crippen molar-refractivity contribution in [3.05, 3.63) is 0 Å². The summed E-state index contributed by atoms with van der Waals surface area (Å²) in [5, 5.41) is 0. The van der Waals surface area contributed by atoms with Gasteiger partial charge >= 0.3 is 30.4 Å². The first-order valence-electron chi connectivity index (χ1n) is 9.39. The Labute approximate surface area is 204 Å². The molecule has 1 radical (unpaired) electrons. The summed E-state index contributed by atoms with van der Waals surface area (Å²) in [7, 11) is -18.0. The van der Waals surface area contributed by atoms with E-state index < -0.39 is 55.5 Å². The van der Waals surface area contributed by atoms with Crippen LogP contribution in [-0.2, 0) is 38.4 Å². The van der Waals surface area contributed by atoms with E-state index in [1.54, 1.807) is 0 Å². The summed E-state index contributed by atoms with van der Waals surface area (Å²) in [6.45, 7) is 2.80. The van der Waals surface area contributed by atoms with Crippen LogP contribution in [0, 0.1) is 0 Å². The van der Waals surface area contributed by atoms with Crippen LogP contribution in [0.25, 0.3) is 0 Å². The molecule has 1 aliphatic heterocycles. The van der Waals surface area contributed by atoms with Gasteiger partial charge in [0.05, 0.1) is 0 Å². The van der Waals surface area contributed by atoms with E-state index in [0.29, 0.717) is 39.3 Å². The molecule has 1 rings (SSSR count). The standard InChI is InChI=1S/C12H32N4O12P4.Tc/c17-29(18,19)9-15(10-30(20,21)22)7-5-13-1-2-14(4-3-13)6-8-16(11-31(23,24)25)12-32(26,27)28;/h1-12H2,(H2,17,18,19)(H2,20,21,22)(H2,23,24,25)(H2,26,27,28);/i;1+1. The van der Waals surface area contributed by atoms with Crippen molar-refractivity contribution in [3.63, 3.8) is 0 Å². The molecule has 0 unspecified atom stereocenters. The smallest absolute Gasteiger partial charge is 0.324 e. The summed E-state index contributed by atoms with van der Waals surface area (Å²) in [6.07, 6.45) is -3.08. The maximum atomic E-state index is 11.2. The maximum Gasteiger partial charge on any atom is 0.339 e. The normalized spacial score (nSPS) is 17.5. The third kappa shape index (κ3) is 18.9. The van der Waals surface area contributed by atoms with E-state index in [1.165, 1.54) is 0 Å². The van der Waals surface area contributed by atoms with E-state index in [-0.39, 0.29) is 33.2 Å². The maximum absolute atomic E-state index is 11.2. The quantitative estimate of drug-likeness (QED) is 0.0929. The van der Waals surface area contributed by atoms with Crippen molar-refractivity contribution < 1.29 is 77.5 Å². The molecule has 21 heteroatoms. The monoisotopic (exact) mass is 647 g/mol. The van der Waals surface area contributed by atoms with Gasteiger partial charge in [-0.3, -0.25) is 37.9 Å². The minimum atomic E-state index is -4.50. The molecule has 1 fully saturated rings. The molecule has 1 heterocycles. The van der Waals surface area contributed by atoms with Gasteiger partial charge in [-0.15, -0.1) is 0 Å². The Morgan fingerprint density at radius 3 is 0.909 bits per heavy atom. The fraction of sp³-hybridized carbons (Fsp3) is 1.00. The molecule has 0 aromatic rings. The minimum absolute atomic E-state index is 0. The Bertz CT molecular complexity index is 664. The van der Waals surface area contributed by atoms with Gasteiger partial charge in [-0.2, -0.15) is 0 Å². The van der Waals surface area contributed by atoms with Crippen molar-refractivity contribution in [2.75, 3.05) is 77.5 Å². The van der Waals surface area contributed by atoms with Crippen LogP contribution in [0.5, 0.6) is 0 Å². The van der Waals surface area contributed by atoms with Gasteiger partial charge in [0.15, 0.2) is 0 Å². The van der Waals surface area contributed by atoms with Gasteiger partial charge in [0.1, 0.15) is 25.1 Å². The zero-order valence-electron chi connectivity index (χ0n) is 17.7. The summed E-state index contributed by atoms with van der Waals surface area (Å²) >= 11 is 0. The van der Waals surface area contributed by atoms with Gasteiger partial charge in [-0.1, -0.05) is 0 Å². The van der Waals surface area contributed by atoms with Crippen molar-refractivity contribution in [1.29, 1.82) is 0 Å². The molecule has 0 atom stereocenters. The van der Waals surface area contributed by atoms with E-state index in [9.17, 15) is 18.3 Å². The SMILES string of the molecule is O=P(O)(O)CN(CCN1CCN(CCN(CP(=O)(O)O)CP(=O)(O)O)CC1)CP(=O)(O)O.[99Tc]. The predicted octanol–water partition coefficient (Wildman–Crippen LogP) is -2.25. The molecule has 0 aromatic heterocycles. The van der Waals surface area contributed by atoms with E-state index in [4.69, 9.17) is 39.1 Å². The average molecular weight is 647 g/mol. The summed E-state index contributed by atoms with van der Waals surface area (Å²) in [5.41, 5.74) is 0. The number of hydrogen-bond donors (Lipinski definition) is 8. The molecule has 0 amide bonds. The third-order valence-corrected chi connectivity index (χ3v) is 7.54. The molecule has 0 spiro atoms. The molecule has 1 saturated heterocycles. The Kier molecular flexibility index (Phi) is 14.6. The van der Waals surface area contributed by atoms with Crippen LogP contribution in [0.3, 0.4) is 0 Å². The third-order valence-electron chi connectivity index (χ3n) is 4.47. The Morgan fingerprint density at radius 1 is 0.515 bits per heavy atom. The molecule has 0 aliphatic carbocycles. The Balaban J connectivity index is 0.0000102. The van der Waals surface area contributed by atoms with Gasteiger partial charge in [0, 0.05) is 72.5 Å². The first-order valence-corrected chi connectivity index (χ1v) is 16.6. The fourth-order valence-corrected chi connectivity index (χ4v) is 6.58. The van der Waals surface area contributed by atoms with Crippen LogP contribution in [-0.4, -0.2) is 136 Å². The van der Waals surface area contributed by atoms with Crippen LogP contribution in [0.4, 0.5) is 0 Å². The second kappa shape index (κ2) is 14.1. The molecule has 0 saturated carbocycles. The zero-order valence-corrected chi connectivity index (χ0v) is 23.1. The van der Waals surface area contributed by atoms with Crippen LogP contribution >= 0.6 is 30.4 Å². The van der Waals surface area contributed by atoms with Crippen molar-refractivity contribution in [3.8, 4) is 0 Å². The number of hydrogen-bond acceptors (Lipinski definition) is 8. The molecule has 1 aliphatic rings. The molecule has 8 N–H and O–H groups in total. The molecule has 199 valence electrons. The molecule has 16 nitrogen and oxygen atoms in total. The minimum Gasteiger partial charge on any atom is -0.324 e. The molecular weight excluding hydrogens is 615 g/mol. The largest absolute Gasteiger partial charge is 0.339 e. The van der Waals surface area contributed by atoms with Crippen LogP contribution in [0.1, 0.15) is 0 Å². The van der Waals surface area contributed by atoms with Crippen molar-refractivity contribution in [2.24, 2.45) is 0 Å². The number of rotatable bonds is 14. The molecule has 0 aromatic carbocycles. The van der Waals surface area contributed by atoms with Crippen LogP contribution < -0.4 is 0 Å². The number of nitrogens with zero attached hydrogens (tertiary/aromatic N) is 4. The average Bonchev–Trinajstić information content (AvgIpc) is 2.53.